The molecule has 15 heavy (non-hydrogen) atoms. The normalized spacial score (nSPS) is 14.4. The van der Waals surface area contributed by atoms with Gasteiger partial charge in [-0.1, -0.05) is 20.3 Å². The highest BCUT2D eigenvalue weighted by Gasteiger charge is 2.11. The van der Waals surface area contributed by atoms with E-state index in [1.807, 2.05) is 0 Å². The molecule has 0 amide bonds. The molecular formula is C11H19N3O. The predicted octanol–water partition coefficient (Wildman–Crippen LogP) is 2.33. The Morgan fingerprint density at radius 3 is 2.80 bits per heavy atom. The Bertz CT molecular complexity index is 304. The van der Waals surface area contributed by atoms with Crippen LogP contribution in [0, 0.1) is 5.92 Å². The number of ether oxygens (including phenoxy) is 1. The van der Waals surface area contributed by atoms with E-state index in [4.69, 9.17) is 4.74 Å². The number of aromatic nitrogens is 2. The Kier molecular flexibility index (Phi) is 4.34. The van der Waals surface area contributed by atoms with Crippen LogP contribution < -0.4 is 10.1 Å². The van der Waals surface area contributed by atoms with Gasteiger partial charge in [0.25, 0.3) is 0 Å². The average molecular weight is 209 g/mol. The lowest BCUT2D eigenvalue weighted by Gasteiger charge is -2.19. The Labute approximate surface area is 91.1 Å². The minimum absolute atomic E-state index is 0.363. The van der Waals surface area contributed by atoms with Crippen LogP contribution in [0.25, 0.3) is 0 Å². The summed E-state index contributed by atoms with van der Waals surface area (Å²) in [5.74, 6) is 1.81. The van der Waals surface area contributed by atoms with Crippen LogP contribution in [0.4, 0.5) is 5.95 Å². The minimum atomic E-state index is 0.363. The van der Waals surface area contributed by atoms with Crippen LogP contribution >= 0.6 is 0 Å². The first-order chi connectivity index (χ1) is 7.17. The molecule has 1 N–H and O–H groups in total. The molecule has 0 saturated carbocycles. The summed E-state index contributed by atoms with van der Waals surface area (Å²) in [7, 11) is 1.60. The molecule has 4 nitrogen and oxygen atoms in total. The number of hydrogen-bond acceptors (Lipinski definition) is 4. The molecular weight excluding hydrogens is 190 g/mol. The van der Waals surface area contributed by atoms with Crippen molar-refractivity contribution in [3.05, 3.63) is 12.3 Å². The molecule has 2 atom stereocenters. The Morgan fingerprint density at radius 1 is 1.47 bits per heavy atom. The fourth-order valence-electron chi connectivity index (χ4n) is 1.22. The van der Waals surface area contributed by atoms with Crippen LogP contribution in [0.2, 0.25) is 0 Å². The number of methoxy groups -OCH3 is 1. The molecule has 0 aliphatic heterocycles. The first-order valence-electron chi connectivity index (χ1n) is 5.31. The van der Waals surface area contributed by atoms with Crippen molar-refractivity contribution in [2.45, 2.75) is 33.2 Å². The Balaban J connectivity index is 2.63. The van der Waals surface area contributed by atoms with Crippen molar-refractivity contribution in [1.29, 1.82) is 0 Å². The summed E-state index contributed by atoms with van der Waals surface area (Å²) in [6.07, 6.45) is 2.83. The smallest absolute Gasteiger partial charge is 0.226 e. The van der Waals surface area contributed by atoms with E-state index in [2.05, 4.69) is 36.1 Å². The lowest BCUT2D eigenvalue weighted by molar-refractivity contribution is 0.397. The minimum Gasteiger partial charge on any atom is -0.481 e. The van der Waals surface area contributed by atoms with Gasteiger partial charge in [0.2, 0.25) is 11.8 Å². The van der Waals surface area contributed by atoms with Gasteiger partial charge in [-0.2, -0.15) is 4.98 Å². The molecule has 0 spiro atoms. The third kappa shape index (κ3) is 3.38. The second-order valence-electron chi connectivity index (χ2n) is 3.74. The van der Waals surface area contributed by atoms with Crippen LogP contribution in [0.1, 0.15) is 27.2 Å². The maximum absolute atomic E-state index is 5.03. The van der Waals surface area contributed by atoms with Gasteiger partial charge in [-0.3, -0.25) is 0 Å². The predicted molar refractivity (Wildman–Crippen MR) is 61.1 cm³/mol. The van der Waals surface area contributed by atoms with Gasteiger partial charge in [-0.15, -0.1) is 0 Å². The van der Waals surface area contributed by atoms with Gasteiger partial charge in [-0.25, -0.2) is 4.98 Å². The van der Waals surface area contributed by atoms with Crippen molar-refractivity contribution in [3.8, 4) is 5.88 Å². The lowest BCUT2D eigenvalue weighted by Crippen LogP contribution is -2.24. The molecule has 1 aromatic heterocycles. The first kappa shape index (κ1) is 11.8. The maximum Gasteiger partial charge on any atom is 0.226 e. The zero-order valence-corrected chi connectivity index (χ0v) is 9.82. The second-order valence-corrected chi connectivity index (χ2v) is 3.74. The monoisotopic (exact) mass is 209 g/mol. The molecule has 0 bridgehead atoms. The number of anilines is 1. The number of nitrogens with zero attached hydrogens (tertiary/aromatic N) is 2. The summed E-state index contributed by atoms with van der Waals surface area (Å²) in [5.41, 5.74) is 0. The maximum atomic E-state index is 5.03. The van der Waals surface area contributed by atoms with Crippen LogP contribution in [-0.2, 0) is 0 Å². The molecule has 2 unspecified atom stereocenters. The summed E-state index contributed by atoms with van der Waals surface area (Å²) in [6.45, 7) is 6.52. The van der Waals surface area contributed by atoms with Gasteiger partial charge in [-0.05, 0) is 12.8 Å². The zero-order chi connectivity index (χ0) is 11.3. The van der Waals surface area contributed by atoms with E-state index in [0.717, 1.165) is 6.42 Å². The van der Waals surface area contributed by atoms with Crippen LogP contribution in [0.3, 0.4) is 0 Å². The fourth-order valence-corrected chi connectivity index (χ4v) is 1.22. The van der Waals surface area contributed by atoms with Crippen LogP contribution in [0.15, 0.2) is 12.3 Å². The second kappa shape index (κ2) is 5.53. The highest BCUT2D eigenvalue weighted by Crippen LogP contribution is 2.13. The lowest BCUT2D eigenvalue weighted by atomic mass is 10.0. The molecule has 4 heteroatoms. The van der Waals surface area contributed by atoms with Crippen molar-refractivity contribution >= 4 is 5.95 Å². The van der Waals surface area contributed by atoms with E-state index in [1.165, 1.54) is 0 Å². The molecule has 84 valence electrons. The van der Waals surface area contributed by atoms with E-state index in [1.54, 1.807) is 19.4 Å². The quantitative estimate of drug-likeness (QED) is 0.808. The number of rotatable bonds is 5. The molecule has 0 aliphatic rings. The van der Waals surface area contributed by atoms with Crippen molar-refractivity contribution in [2.24, 2.45) is 5.92 Å². The molecule has 0 fully saturated rings. The summed E-state index contributed by atoms with van der Waals surface area (Å²) < 4.78 is 5.03. The molecule has 0 saturated heterocycles. The molecule has 1 rings (SSSR count). The summed E-state index contributed by atoms with van der Waals surface area (Å²) in [4.78, 5) is 8.35. The third-order valence-electron chi connectivity index (χ3n) is 2.69. The molecule has 1 aromatic rings. The van der Waals surface area contributed by atoms with Crippen molar-refractivity contribution < 1.29 is 4.74 Å². The van der Waals surface area contributed by atoms with E-state index in [-0.39, 0.29) is 0 Å². The molecule has 0 aliphatic carbocycles. The summed E-state index contributed by atoms with van der Waals surface area (Å²) in [5, 5.41) is 3.27. The standard InChI is InChI=1S/C11H19N3O/c1-5-8(2)9(3)13-11-12-7-6-10(14-11)15-4/h6-9H,5H2,1-4H3,(H,12,13,14). The van der Waals surface area contributed by atoms with Gasteiger partial charge in [0.1, 0.15) is 0 Å². The van der Waals surface area contributed by atoms with Crippen molar-refractivity contribution in [2.75, 3.05) is 12.4 Å². The first-order valence-corrected chi connectivity index (χ1v) is 5.31. The zero-order valence-electron chi connectivity index (χ0n) is 9.82. The van der Waals surface area contributed by atoms with E-state index in [0.29, 0.717) is 23.8 Å². The summed E-state index contributed by atoms with van der Waals surface area (Å²) in [6, 6.07) is 2.10. The number of nitrogens with one attached hydrogen (secondary N) is 1. The van der Waals surface area contributed by atoms with Crippen molar-refractivity contribution in [1.82, 2.24) is 9.97 Å². The highest BCUT2D eigenvalue weighted by atomic mass is 16.5. The third-order valence-corrected chi connectivity index (χ3v) is 2.69. The number of hydrogen-bond donors (Lipinski definition) is 1. The Hall–Kier alpha value is -1.32. The van der Waals surface area contributed by atoms with Crippen molar-refractivity contribution in [3.63, 3.8) is 0 Å². The Morgan fingerprint density at radius 2 is 2.20 bits per heavy atom. The summed E-state index contributed by atoms with van der Waals surface area (Å²) >= 11 is 0. The fraction of sp³-hybridized carbons (Fsp3) is 0.636. The van der Waals surface area contributed by atoms with E-state index < -0.39 is 0 Å². The van der Waals surface area contributed by atoms with Gasteiger partial charge >= 0.3 is 0 Å². The van der Waals surface area contributed by atoms with E-state index in [9.17, 15) is 0 Å². The molecule has 1 heterocycles. The molecule has 0 aromatic carbocycles. The van der Waals surface area contributed by atoms with Crippen LogP contribution in [0.5, 0.6) is 5.88 Å². The van der Waals surface area contributed by atoms with Gasteiger partial charge < -0.3 is 10.1 Å². The topological polar surface area (TPSA) is 47.0 Å². The van der Waals surface area contributed by atoms with Crippen LogP contribution in [-0.4, -0.2) is 23.1 Å². The highest BCUT2D eigenvalue weighted by molar-refractivity contribution is 5.28. The van der Waals surface area contributed by atoms with Gasteiger partial charge in [0.15, 0.2) is 0 Å². The van der Waals surface area contributed by atoms with Gasteiger partial charge in [0, 0.05) is 18.3 Å². The SMILES string of the molecule is CCC(C)C(C)Nc1nccc(OC)n1. The molecule has 0 radical (unpaired) electrons. The largest absolute Gasteiger partial charge is 0.481 e. The van der Waals surface area contributed by atoms with E-state index >= 15 is 0 Å². The van der Waals surface area contributed by atoms with Gasteiger partial charge in [0.05, 0.1) is 7.11 Å². The average Bonchev–Trinajstić information content (AvgIpc) is 2.28.